The number of nitro benzene ring substituents is 1. The van der Waals surface area contributed by atoms with E-state index >= 15 is 0 Å². The predicted octanol–water partition coefficient (Wildman–Crippen LogP) is 2.26. The Bertz CT molecular complexity index is 685. The van der Waals surface area contributed by atoms with Crippen molar-refractivity contribution in [3.05, 3.63) is 57.9 Å². The van der Waals surface area contributed by atoms with Crippen molar-refractivity contribution in [1.29, 1.82) is 0 Å². The van der Waals surface area contributed by atoms with Gasteiger partial charge in [-0.15, -0.1) is 0 Å². The van der Waals surface area contributed by atoms with E-state index in [1.165, 1.54) is 6.07 Å². The van der Waals surface area contributed by atoms with Gasteiger partial charge >= 0.3 is 5.69 Å². The second-order valence-electron chi connectivity index (χ2n) is 4.10. The first-order valence-corrected chi connectivity index (χ1v) is 5.69. The van der Waals surface area contributed by atoms with Crippen LogP contribution < -0.4 is 5.32 Å². The maximum absolute atomic E-state index is 11.9. The van der Waals surface area contributed by atoms with Crippen LogP contribution in [0.25, 0.3) is 0 Å². The molecule has 2 rings (SSSR count). The second kappa shape index (κ2) is 5.35. The lowest BCUT2D eigenvalue weighted by Gasteiger charge is -2.06. The lowest BCUT2D eigenvalue weighted by atomic mass is 10.1. The molecule has 0 atom stereocenters. The van der Waals surface area contributed by atoms with Crippen LogP contribution in [0.4, 0.5) is 11.4 Å². The average molecular weight is 273 g/mol. The summed E-state index contributed by atoms with van der Waals surface area (Å²) in [6.07, 6.45) is 1.55. The third-order valence-corrected chi connectivity index (χ3v) is 2.59. The van der Waals surface area contributed by atoms with Gasteiger partial charge in [0.15, 0.2) is 5.75 Å². The Morgan fingerprint density at radius 1 is 1.35 bits per heavy atom. The van der Waals surface area contributed by atoms with Crippen molar-refractivity contribution in [1.82, 2.24) is 4.98 Å². The highest BCUT2D eigenvalue weighted by molar-refractivity contribution is 6.04. The molecule has 2 aromatic rings. The van der Waals surface area contributed by atoms with Gasteiger partial charge in [0.05, 0.1) is 4.92 Å². The number of anilines is 1. The van der Waals surface area contributed by atoms with E-state index in [0.717, 1.165) is 17.8 Å². The number of phenolic OH excluding ortho intramolecular Hbond substituents is 1. The van der Waals surface area contributed by atoms with Gasteiger partial charge in [-0.05, 0) is 31.2 Å². The number of benzene rings is 1. The van der Waals surface area contributed by atoms with Gasteiger partial charge in [-0.3, -0.25) is 19.9 Å². The number of aryl methyl sites for hydroxylation is 1. The Balaban J connectivity index is 2.22. The number of nitro groups is 1. The molecular formula is C13H11N3O4. The number of hydrogen-bond acceptors (Lipinski definition) is 5. The molecule has 7 nitrogen and oxygen atoms in total. The fourth-order valence-electron chi connectivity index (χ4n) is 1.65. The summed E-state index contributed by atoms with van der Waals surface area (Å²) in [5, 5.41) is 22.7. The van der Waals surface area contributed by atoms with E-state index in [4.69, 9.17) is 0 Å². The van der Waals surface area contributed by atoms with Crippen LogP contribution in [0.2, 0.25) is 0 Å². The van der Waals surface area contributed by atoms with Crippen molar-refractivity contribution in [2.45, 2.75) is 6.92 Å². The Morgan fingerprint density at radius 3 is 2.70 bits per heavy atom. The van der Waals surface area contributed by atoms with Crippen LogP contribution in [0.15, 0.2) is 36.5 Å². The third kappa shape index (κ3) is 2.89. The van der Waals surface area contributed by atoms with Crippen LogP contribution in [-0.2, 0) is 0 Å². The summed E-state index contributed by atoms with van der Waals surface area (Å²) in [6, 6.07) is 6.73. The fourth-order valence-corrected chi connectivity index (χ4v) is 1.65. The summed E-state index contributed by atoms with van der Waals surface area (Å²) in [4.78, 5) is 25.8. The number of carbonyl (C=O) groups is 1. The van der Waals surface area contributed by atoms with E-state index in [1.54, 1.807) is 25.3 Å². The minimum absolute atomic E-state index is 0.127. The van der Waals surface area contributed by atoms with Crippen LogP contribution in [0, 0.1) is 17.0 Å². The quantitative estimate of drug-likeness (QED) is 0.659. The second-order valence-corrected chi connectivity index (χ2v) is 4.10. The van der Waals surface area contributed by atoms with Crippen LogP contribution in [0.1, 0.15) is 16.1 Å². The smallest absolute Gasteiger partial charge is 0.310 e. The number of pyridine rings is 1. The number of hydrogen-bond donors (Lipinski definition) is 2. The van der Waals surface area contributed by atoms with E-state index in [0.29, 0.717) is 5.69 Å². The lowest BCUT2D eigenvalue weighted by molar-refractivity contribution is -0.385. The van der Waals surface area contributed by atoms with Crippen molar-refractivity contribution >= 4 is 17.3 Å². The van der Waals surface area contributed by atoms with Crippen molar-refractivity contribution in [3.8, 4) is 5.75 Å². The number of phenols is 1. The Hall–Kier alpha value is -2.96. The molecule has 0 saturated heterocycles. The van der Waals surface area contributed by atoms with Crippen LogP contribution >= 0.6 is 0 Å². The summed E-state index contributed by atoms with van der Waals surface area (Å²) < 4.78 is 0. The Kier molecular flexibility index (Phi) is 3.60. The first-order chi connectivity index (χ1) is 9.47. The van der Waals surface area contributed by atoms with E-state index in [2.05, 4.69) is 10.3 Å². The van der Waals surface area contributed by atoms with E-state index < -0.39 is 22.3 Å². The Morgan fingerprint density at radius 2 is 2.10 bits per heavy atom. The van der Waals surface area contributed by atoms with Crippen molar-refractivity contribution < 1.29 is 14.8 Å². The molecule has 1 aromatic carbocycles. The predicted molar refractivity (Wildman–Crippen MR) is 71.7 cm³/mol. The molecule has 102 valence electrons. The number of aromatic hydroxyl groups is 1. The summed E-state index contributed by atoms with van der Waals surface area (Å²) in [6.45, 7) is 1.79. The normalized spacial score (nSPS) is 10.1. The maximum atomic E-state index is 11.9. The molecule has 0 radical (unpaired) electrons. The largest absolute Gasteiger partial charge is 0.502 e. The summed E-state index contributed by atoms with van der Waals surface area (Å²) in [7, 11) is 0. The zero-order valence-electron chi connectivity index (χ0n) is 10.5. The molecule has 0 aliphatic rings. The fraction of sp³-hybridized carbons (Fsp3) is 0.0769. The molecule has 20 heavy (non-hydrogen) atoms. The number of aromatic nitrogens is 1. The van der Waals surface area contributed by atoms with Gasteiger partial charge in [0.25, 0.3) is 5.91 Å². The molecule has 7 heteroatoms. The third-order valence-electron chi connectivity index (χ3n) is 2.59. The first kappa shape index (κ1) is 13.5. The van der Waals surface area contributed by atoms with Gasteiger partial charge in [-0.25, -0.2) is 0 Å². The summed E-state index contributed by atoms with van der Waals surface area (Å²) >= 11 is 0. The number of rotatable bonds is 3. The molecule has 0 unspecified atom stereocenters. The molecule has 1 heterocycles. The number of carbonyl (C=O) groups excluding carboxylic acids is 1. The van der Waals surface area contributed by atoms with Crippen LogP contribution in [0.3, 0.4) is 0 Å². The number of nitrogens with one attached hydrogen (secondary N) is 1. The standard InChI is InChI=1S/C13H11N3O4/c1-8-6-10(4-5-14-8)15-13(18)9-2-3-11(16(19)20)12(17)7-9/h2-7,17H,1H3,(H,14,15,18). The molecule has 0 saturated carbocycles. The van der Waals surface area contributed by atoms with Gasteiger partial charge in [-0.1, -0.05) is 0 Å². The van der Waals surface area contributed by atoms with Crippen LogP contribution in [-0.4, -0.2) is 20.9 Å². The highest BCUT2D eigenvalue weighted by Crippen LogP contribution is 2.26. The molecule has 0 bridgehead atoms. The SMILES string of the molecule is Cc1cc(NC(=O)c2ccc([N+](=O)[O-])c(O)c2)ccn1. The van der Waals surface area contributed by atoms with Gasteiger partial charge in [0.2, 0.25) is 0 Å². The number of nitrogens with zero attached hydrogens (tertiary/aromatic N) is 2. The van der Waals surface area contributed by atoms with E-state index in [-0.39, 0.29) is 5.56 Å². The van der Waals surface area contributed by atoms with Crippen molar-refractivity contribution in [2.24, 2.45) is 0 Å². The highest BCUT2D eigenvalue weighted by atomic mass is 16.6. The zero-order chi connectivity index (χ0) is 14.7. The molecule has 2 N–H and O–H groups in total. The maximum Gasteiger partial charge on any atom is 0.310 e. The minimum atomic E-state index is -0.719. The topological polar surface area (TPSA) is 105 Å². The lowest BCUT2D eigenvalue weighted by Crippen LogP contribution is -2.12. The molecule has 0 spiro atoms. The van der Waals surface area contributed by atoms with E-state index in [9.17, 15) is 20.0 Å². The van der Waals surface area contributed by atoms with Gasteiger partial charge in [-0.2, -0.15) is 0 Å². The molecular weight excluding hydrogens is 262 g/mol. The minimum Gasteiger partial charge on any atom is -0.502 e. The monoisotopic (exact) mass is 273 g/mol. The molecule has 1 aromatic heterocycles. The molecule has 0 aliphatic heterocycles. The summed E-state index contributed by atoms with van der Waals surface area (Å²) in [5.41, 5.74) is 0.985. The van der Waals surface area contributed by atoms with Crippen LogP contribution in [0.5, 0.6) is 5.75 Å². The molecule has 1 amide bonds. The Labute approximate surface area is 114 Å². The first-order valence-electron chi connectivity index (χ1n) is 5.69. The number of amides is 1. The van der Waals surface area contributed by atoms with Gasteiger partial charge in [0, 0.05) is 29.2 Å². The van der Waals surface area contributed by atoms with Gasteiger partial charge in [0.1, 0.15) is 0 Å². The molecule has 0 aliphatic carbocycles. The van der Waals surface area contributed by atoms with E-state index in [1.807, 2.05) is 0 Å². The zero-order valence-corrected chi connectivity index (χ0v) is 10.5. The highest BCUT2D eigenvalue weighted by Gasteiger charge is 2.16. The van der Waals surface area contributed by atoms with Crippen molar-refractivity contribution in [2.75, 3.05) is 5.32 Å². The van der Waals surface area contributed by atoms with Crippen molar-refractivity contribution in [3.63, 3.8) is 0 Å². The average Bonchev–Trinajstić information content (AvgIpc) is 2.38. The van der Waals surface area contributed by atoms with Gasteiger partial charge < -0.3 is 10.4 Å². The molecule has 0 fully saturated rings. The summed E-state index contributed by atoms with van der Waals surface area (Å²) in [5.74, 6) is -1.02.